The largest absolute Gasteiger partial charge is 0.342 e. The minimum Gasteiger partial charge on any atom is -0.342 e. The fraction of sp³-hybridized carbons (Fsp3) is 0.529. The highest BCUT2D eigenvalue weighted by Gasteiger charge is 2.19. The Kier molecular flexibility index (Phi) is 5.85. The number of carbonyl (C=O) groups excluding carboxylic acids is 1. The Morgan fingerprint density at radius 3 is 2.62 bits per heavy atom. The molecule has 3 rings (SSSR count). The molecule has 1 saturated heterocycles. The van der Waals surface area contributed by atoms with Crippen LogP contribution in [0.2, 0.25) is 0 Å². The van der Waals surface area contributed by atoms with Crippen molar-refractivity contribution in [1.29, 1.82) is 0 Å². The highest BCUT2D eigenvalue weighted by molar-refractivity contribution is 7.99. The van der Waals surface area contributed by atoms with Gasteiger partial charge in [0.05, 0.1) is 5.75 Å². The van der Waals surface area contributed by atoms with Gasteiger partial charge in [0, 0.05) is 37.6 Å². The van der Waals surface area contributed by atoms with Crippen LogP contribution < -0.4 is 0 Å². The maximum Gasteiger partial charge on any atom is 0.233 e. The zero-order valence-electron chi connectivity index (χ0n) is 14.0. The SMILES string of the molecule is CCCn1c(SCC(=O)N2CCCCC2)nnc1-c1ccncc1. The fourth-order valence-corrected chi connectivity index (χ4v) is 3.76. The van der Waals surface area contributed by atoms with Crippen LogP contribution in [0.4, 0.5) is 0 Å². The van der Waals surface area contributed by atoms with Gasteiger partial charge in [0.25, 0.3) is 0 Å². The average Bonchev–Trinajstić information content (AvgIpc) is 3.04. The monoisotopic (exact) mass is 345 g/mol. The quantitative estimate of drug-likeness (QED) is 0.753. The van der Waals surface area contributed by atoms with Crippen LogP contribution in [-0.4, -0.2) is 49.4 Å². The summed E-state index contributed by atoms with van der Waals surface area (Å²) in [4.78, 5) is 18.4. The zero-order chi connectivity index (χ0) is 16.8. The fourth-order valence-electron chi connectivity index (χ4n) is 2.90. The van der Waals surface area contributed by atoms with E-state index < -0.39 is 0 Å². The molecule has 0 unspecified atom stereocenters. The van der Waals surface area contributed by atoms with E-state index >= 15 is 0 Å². The molecule has 0 radical (unpaired) electrons. The van der Waals surface area contributed by atoms with Crippen LogP contribution >= 0.6 is 11.8 Å². The van der Waals surface area contributed by atoms with Crippen molar-refractivity contribution in [1.82, 2.24) is 24.6 Å². The molecule has 2 aromatic rings. The van der Waals surface area contributed by atoms with E-state index in [0.29, 0.717) is 5.75 Å². The summed E-state index contributed by atoms with van der Waals surface area (Å²) in [5.41, 5.74) is 1.00. The second-order valence-electron chi connectivity index (χ2n) is 5.92. The van der Waals surface area contributed by atoms with Gasteiger partial charge in [0.15, 0.2) is 11.0 Å². The molecule has 0 aromatic carbocycles. The van der Waals surface area contributed by atoms with Gasteiger partial charge in [-0.3, -0.25) is 9.78 Å². The Hall–Kier alpha value is -1.89. The first-order valence-electron chi connectivity index (χ1n) is 8.53. The van der Waals surface area contributed by atoms with Crippen molar-refractivity contribution in [3.05, 3.63) is 24.5 Å². The van der Waals surface area contributed by atoms with Gasteiger partial charge in [-0.1, -0.05) is 18.7 Å². The van der Waals surface area contributed by atoms with Gasteiger partial charge in [0.1, 0.15) is 0 Å². The Balaban J connectivity index is 1.71. The molecule has 6 nitrogen and oxygen atoms in total. The Morgan fingerprint density at radius 1 is 1.17 bits per heavy atom. The van der Waals surface area contributed by atoms with E-state index in [1.165, 1.54) is 18.2 Å². The van der Waals surface area contributed by atoms with E-state index in [-0.39, 0.29) is 5.91 Å². The number of pyridine rings is 1. The predicted molar refractivity (Wildman–Crippen MR) is 94.7 cm³/mol. The molecule has 24 heavy (non-hydrogen) atoms. The van der Waals surface area contributed by atoms with Crippen LogP contribution in [0.5, 0.6) is 0 Å². The summed E-state index contributed by atoms with van der Waals surface area (Å²) in [5, 5.41) is 9.46. The van der Waals surface area contributed by atoms with Crippen LogP contribution in [0, 0.1) is 0 Å². The lowest BCUT2D eigenvalue weighted by Crippen LogP contribution is -2.36. The summed E-state index contributed by atoms with van der Waals surface area (Å²) in [6.45, 7) is 4.75. The van der Waals surface area contributed by atoms with Crippen LogP contribution in [0.1, 0.15) is 32.6 Å². The number of amides is 1. The van der Waals surface area contributed by atoms with E-state index in [0.717, 1.165) is 55.4 Å². The van der Waals surface area contributed by atoms with E-state index in [4.69, 9.17) is 0 Å². The number of nitrogens with zero attached hydrogens (tertiary/aromatic N) is 5. The maximum atomic E-state index is 12.4. The van der Waals surface area contributed by atoms with Gasteiger partial charge < -0.3 is 9.47 Å². The van der Waals surface area contributed by atoms with Crippen LogP contribution in [0.25, 0.3) is 11.4 Å². The van der Waals surface area contributed by atoms with Crippen molar-refractivity contribution in [3.63, 3.8) is 0 Å². The Bertz CT molecular complexity index is 667. The van der Waals surface area contributed by atoms with E-state index in [1.807, 2.05) is 17.0 Å². The summed E-state index contributed by atoms with van der Waals surface area (Å²) >= 11 is 1.49. The van der Waals surface area contributed by atoms with Gasteiger partial charge in [-0.25, -0.2) is 0 Å². The smallest absolute Gasteiger partial charge is 0.233 e. The molecule has 1 aliphatic heterocycles. The average molecular weight is 345 g/mol. The molecule has 2 aromatic heterocycles. The summed E-state index contributed by atoms with van der Waals surface area (Å²) in [6.07, 6.45) is 7.98. The summed E-state index contributed by atoms with van der Waals surface area (Å²) in [7, 11) is 0. The van der Waals surface area contributed by atoms with Crippen molar-refractivity contribution in [2.45, 2.75) is 44.3 Å². The number of rotatable bonds is 6. The van der Waals surface area contributed by atoms with Gasteiger partial charge in [-0.05, 0) is 37.8 Å². The molecule has 0 bridgehead atoms. The minimum atomic E-state index is 0.205. The number of hydrogen-bond acceptors (Lipinski definition) is 5. The van der Waals surface area contributed by atoms with Gasteiger partial charge >= 0.3 is 0 Å². The minimum absolute atomic E-state index is 0.205. The van der Waals surface area contributed by atoms with Crippen molar-refractivity contribution in [2.75, 3.05) is 18.8 Å². The number of carbonyl (C=O) groups is 1. The first kappa shape index (κ1) is 17.0. The van der Waals surface area contributed by atoms with Crippen molar-refractivity contribution >= 4 is 17.7 Å². The van der Waals surface area contributed by atoms with Crippen molar-refractivity contribution in [2.24, 2.45) is 0 Å². The second-order valence-corrected chi connectivity index (χ2v) is 6.87. The Morgan fingerprint density at radius 2 is 1.92 bits per heavy atom. The molecule has 7 heteroatoms. The van der Waals surface area contributed by atoms with Crippen molar-refractivity contribution in [3.8, 4) is 11.4 Å². The first-order valence-corrected chi connectivity index (χ1v) is 9.52. The number of aromatic nitrogens is 4. The second kappa shape index (κ2) is 8.28. The van der Waals surface area contributed by atoms with E-state index in [9.17, 15) is 4.79 Å². The molecule has 0 spiro atoms. The highest BCUT2D eigenvalue weighted by Crippen LogP contribution is 2.24. The van der Waals surface area contributed by atoms with Gasteiger partial charge in [-0.2, -0.15) is 0 Å². The van der Waals surface area contributed by atoms with Crippen LogP contribution in [0.3, 0.4) is 0 Å². The molecule has 0 saturated carbocycles. The topological polar surface area (TPSA) is 63.9 Å². The molecule has 3 heterocycles. The third kappa shape index (κ3) is 3.95. The highest BCUT2D eigenvalue weighted by atomic mass is 32.2. The molecule has 0 aliphatic carbocycles. The van der Waals surface area contributed by atoms with E-state index in [1.54, 1.807) is 12.4 Å². The Labute approximate surface area is 146 Å². The normalized spacial score (nSPS) is 14.8. The maximum absolute atomic E-state index is 12.4. The molecule has 1 fully saturated rings. The lowest BCUT2D eigenvalue weighted by atomic mass is 10.1. The lowest BCUT2D eigenvalue weighted by Gasteiger charge is -2.26. The molecular weight excluding hydrogens is 322 g/mol. The standard InChI is InChI=1S/C17H23N5OS/c1-2-10-22-16(14-6-8-18-9-7-14)19-20-17(22)24-13-15(23)21-11-4-3-5-12-21/h6-9H,2-5,10-13H2,1H3. The molecule has 1 aliphatic rings. The zero-order valence-corrected chi connectivity index (χ0v) is 14.8. The molecule has 0 N–H and O–H groups in total. The van der Waals surface area contributed by atoms with Crippen LogP contribution in [0.15, 0.2) is 29.7 Å². The lowest BCUT2D eigenvalue weighted by molar-refractivity contribution is -0.129. The third-order valence-electron chi connectivity index (χ3n) is 4.14. The first-order chi connectivity index (χ1) is 11.8. The van der Waals surface area contributed by atoms with Gasteiger partial charge in [0.2, 0.25) is 5.91 Å². The molecule has 128 valence electrons. The predicted octanol–water partition coefficient (Wildman–Crippen LogP) is 2.85. The van der Waals surface area contributed by atoms with E-state index in [2.05, 4.69) is 26.7 Å². The molecule has 0 atom stereocenters. The molecular formula is C17H23N5OS. The summed E-state index contributed by atoms with van der Waals surface area (Å²) < 4.78 is 2.10. The van der Waals surface area contributed by atoms with Crippen LogP contribution in [-0.2, 0) is 11.3 Å². The number of piperidine rings is 1. The summed E-state index contributed by atoms with van der Waals surface area (Å²) in [5.74, 6) is 1.47. The van der Waals surface area contributed by atoms with Gasteiger partial charge in [-0.15, -0.1) is 10.2 Å². The third-order valence-corrected chi connectivity index (χ3v) is 5.09. The summed E-state index contributed by atoms with van der Waals surface area (Å²) in [6, 6.07) is 3.87. The number of thioether (sulfide) groups is 1. The van der Waals surface area contributed by atoms with Crippen molar-refractivity contribution < 1.29 is 4.79 Å². The number of likely N-dealkylation sites (tertiary alicyclic amines) is 1. The molecule has 1 amide bonds. The number of hydrogen-bond donors (Lipinski definition) is 0.